The first-order valence-electron chi connectivity index (χ1n) is 6.10. The molecule has 1 N–H and O–H groups in total. The van der Waals surface area contributed by atoms with Crippen LogP contribution in [-0.4, -0.2) is 59.8 Å². The van der Waals surface area contributed by atoms with Crippen LogP contribution in [0, 0.1) is 5.92 Å². The van der Waals surface area contributed by atoms with Gasteiger partial charge in [0.15, 0.2) is 0 Å². The minimum absolute atomic E-state index is 0.0997. The van der Waals surface area contributed by atoms with Gasteiger partial charge in [0, 0.05) is 6.54 Å². The lowest BCUT2D eigenvalue weighted by Gasteiger charge is -2.33. The molecule has 1 aliphatic rings. The first kappa shape index (κ1) is 17.6. The van der Waals surface area contributed by atoms with E-state index in [-0.39, 0.29) is 17.9 Å². The quantitative estimate of drug-likeness (QED) is 0.780. The summed E-state index contributed by atoms with van der Waals surface area (Å²) in [5.41, 5.74) is 0. The molecule has 1 rings (SSSR count). The van der Waals surface area contributed by atoms with Gasteiger partial charge in [0.25, 0.3) is 0 Å². The van der Waals surface area contributed by atoms with E-state index in [0.717, 1.165) is 0 Å². The van der Waals surface area contributed by atoms with E-state index in [0.29, 0.717) is 0 Å². The Morgan fingerprint density at radius 3 is 2.24 bits per heavy atom. The molecule has 0 aromatic rings. The number of carboxylic acids is 1. The number of rotatable bonds is 5. The number of hydrogen-bond donors (Lipinski definition) is 1. The summed E-state index contributed by atoms with van der Waals surface area (Å²) in [6.45, 7) is 0.321. The summed E-state index contributed by atoms with van der Waals surface area (Å²) in [6, 6.07) is -1.34. The predicted octanol–water partition coefficient (Wildman–Crippen LogP) is 1.52. The second kappa shape index (κ2) is 6.12. The van der Waals surface area contributed by atoms with Gasteiger partial charge >= 0.3 is 24.0 Å². The Balaban J connectivity index is 3.07. The maximum absolute atomic E-state index is 13.2. The lowest BCUT2D eigenvalue weighted by Crippen LogP contribution is -2.57. The van der Waals surface area contributed by atoms with Gasteiger partial charge in [-0.05, 0) is 6.42 Å². The Kier molecular flexibility index (Phi) is 5.13. The molecule has 21 heavy (non-hydrogen) atoms. The summed E-state index contributed by atoms with van der Waals surface area (Å²) >= 11 is 0. The third-order valence-corrected chi connectivity index (χ3v) is 3.12. The molecule has 2 unspecified atom stereocenters. The number of nitrogens with zero attached hydrogens (tertiary/aromatic N) is 1. The van der Waals surface area contributed by atoms with Gasteiger partial charge in [0.1, 0.15) is 5.92 Å². The van der Waals surface area contributed by atoms with Crippen LogP contribution in [0.4, 0.5) is 22.0 Å². The zero-order valence-corrected chi connectivity index (χ0v) is 11.0. The van der Waals surface area contributed by atoms with Crippen molar-refractivity contribution >= 4 is 11.9 Å². The van der Waals surface area contributed by atoms with Crippen LogP contribution >= 0.6 is 0 Å². The molecule has 0 radical (unpaired) electrons. The van der Waals surface area contributed by atoms with Crippen LogP contribution in [0.15, 0.2) is 0 Å². The van der Waals surface area contributed by atoms with Crippen LogP contribution in [0.25, 0.3) is 0 Å². The molecule has 1 saturated heterocycles. The number of carbonyl (C=O) groups is 2. The van der Waals surface area contributed by atoms with Crippen molar-refractivity contribution < 1.29 is 41.4 Å². The fraction of sp³-hybridized carbons (Fsp3) is 0.818. The Morgan fingerprint density at radius 1 is 1.24 bits per heavy atom. The predicted molar refractivity (Wildman–Crippen MR) is 58.7 cm³/mol. The van der Waals surface area contributed by atoms with Crippen molar-refractivity contribution in [1.29, 1.82) is 0 Å². The van der Waals surface area contributed by atoms with Gasteiger partial charge in [-0.2, -0.15) is 22.0 Å². The highest BCUT2D eigenvalue weighted by molar-refractivity contribution is 5.85. The van der Waals surface area contributed by atoms with Crippen molar-refractivity contribution in [2.45, 2.75) is 31.5 Å². The van der Waals surface area contributed by atoms with E-state index < -0.39 is 49.1 Å². The van der Waals surface area contributed by atoms with Crippen molar-refractivity contribution in [3.8, 4) is 0 Å². The summed E-state index contributed by atoms with van der Waals surface area (Å²) < 4.78 is 68.0. The van der Waals surface area contributed by atoms with Gasteiger partial charge in [-0.3, -0.25) is 9.59 Å². The highest BCUT2D eigenvalue weighted by Gasteiger charge is 2.65. The van der Waals surface area contributed by atoms with Crippen LogP contribution in [0.2, 0.25) is 0 Å². The van der Waals surface area contributed by atoms with Gasteiger partial charge in [-0.15, -0.1) is 0 Å². The SMILES string of the molecule is CCCN(C(=O)C(F)(F)C(F)(F)F)C1COCC1C(=O)O. The number of aliphatic carboxylic acids is 1. The average molecular weight is 319 g/mol. The maximum atomic E-state index is 13.2. The summed E-state index contributed by atoms with van der Waals surface area (Å²) in [5.74, 6) is -10.8. The zero-order valence-electron chi connectivity index (χ0n) is 11.0. The molecule has 122 valence electrons. The van der Waals surface area contributed by atoms with Gasteiger partial charge < -0.3 is 14.7 Å². The van der Waals surface area contributed by atoms with E-state index in [4.69, 9.17) is 9.84 Å². The van der Waals surface area contributed by atoms with Gasteiger partial charge in [0.05, 0.1) is 19.3 Å². The second-order valence-electron chi connectivity index (χ2n) is 4.62. The third kappa shape index (κ3) is 3.42. The summed E-state index contributed by atoms with van der Waals surface area (Å²) in [4.78, 5) is 22.8. The molecular weight excluding hydrogens is 305 g/mol. The lowest BCUT2D eigenvalue weighted by atomic mass is 10.0. The molecular formula is C11H14F5NO4. The van der Waals surface area contributed by atoms with Gasteiger partial charge in [-0.1, -0.05) is 6.92 Å². The molecule has 0 aromatic carbocycles. The van der Waals surface area contributed by atoms with E-state index in [1.165, 1.54) is 6.92 Å². The standard InChI is InChI=1S/C11H14F5NO4/c1-2-3-17(7-5-21-4-6(7)8(18)19)9(20)10(12,13)11(14,15)16/h6-7H,2-5H2,1H3,(H,18,19). The highest BCUT2D eigenvalue weighted by Crippen LogP contribution is 2.38. The van der Waals surface area contributed by atoms with E-state index in [2.05, 4.69) is 0 Å². The fourth-order valence-electron chi connectivity index (χ4n) is 2.05. The van der Waals surface area contributed by atoms with Crippen LogP contribution in [0.3, 0.4) is 0 Å². The number of carbonyl (C=O) groups excluding carboxylic acids is 1. The van der Waals surface area contributed by atoms with Crippen molar-refractivity contribution in [3.05, 3.63) is 0 Å². The smallest absolute Gasteiger partial charge is 0.463 e. The fourth-order valence-corrected chi connectivity index (χ4v) is 2.05. The molecule has 0 aliphatic carbocycles. The summed E-state index contributed by atoms with van der Waals surface area (Å²) in [5, 5.41) is 8.92. The van der Waals surface area contributed by atoms with Crippen LogP contribution in [0.5, 0.6) is 0 Å². The largest absolute Gasteiger partial charge is 0.481 e. The minimum Gasteiger partial charge on any atom is -0.481 e. The number of alkyl halides is 5. The topological polar surface area (TPSA) is 66.8 Å². The number of hydrogen-bond acceptors (Lipinski definition) is 3. The summed E-state index contributed by atoms with van der Waals surface area (Å²) in [6.07, 6.45) is -5.93. The highest BCUT2D eigenvalue weighted by atomic mass is 19.4. The van der Waals surface area contributed by atoms with Crippen molar-refractivity contribution in [2.75, 3.05) is 19.8 Å². The third-order valence-electron chi connectivity index (χ3n) is 3.12. The molecule has 5 nitrogen and oxygen atoms in total. The van der Waals surface area contributed by atoms with Crippen LogP contribution in [0.1, 0.15) is 13.3 Å². The normalized spacial score (nSPS) is 23.1. The molecule has 0 bridgehead atoms. The molecule has 0 spiro atoms. The van der Waals surface area contributed by atoms with Gasteiger partial charge in [0.2, 0.25) is 0 Å². The molecule has 1 fully saturated rings. The Hall–Kier alpha value is -1.45. The van der Waals surface area contributed by atoms with E-state index in [1.807, 2.05) is 0 Å². The lowest BCUT2D eigenvalue weighted by molar-refractivity contribution is -0.275. The first-order chi connectivity index (χ1) is 9.54. The van der Waals surface area contributed by atoms with Crippen molar-refractivity contribution in [3.63, 3.8) is 0 Å². The zero-order chi connectivity index (χ0) is 16.4. The van der Waals surface area contributed by atoms with Crippen molar-refractivity contribution in [1.82, 2.24) is 4.90 Å². The monoisotopic (exact) mass is 319 g/mol. The first-order valence-corrected chi connectivity index (χ1v) is 6.10. The van der Waals surface area contributed by atoms with Crippen molar-refractivity contribution in [2.24, 2.45) is 5.92 Å². The summed E-state index contributed by atoms with van der Waals surface area (Å²) in [7, 11) is 0. The van der Waals surface area contributed by atoms with Gasteiger partial charge in [-0.25, -0.2) is 0 Å². The van der Waals surface area contributed by atoms with Crippen LogP contribution < -0.4 is 0 Å². The Bertz CT molecular complexity index is 412. The van der Waals surface area contributed by atoms with E-state index in [9.17, 15) is 31.5 Å². The molecule has 10 heteroatoms. The molecule has 1 aliphatic heterocycles. The van der Waals surface area contributed by atoms with E-state index >= 15 is 0 Å². The molecule has 1 amide bonds. The Morgan fingerprint density at radius 2 is 1.81 bits per heavy atom. The minimum atomic E-state index is -6.03. The molecule has 1 heterocycles. The van der Waals surface area contributed by atoms with E-state index in [1.54, 1.807) is 0 Å². The number of amides is 1. The molecule has 0 saturated carbocycles. The van der Waals surface area contributed by atoms with Crippen LogP contribution in [-0.2, 0) is 14.3 Å². The average Bonchev–Trinajstić information content (AvgIpc) is 2.82. The molecule has 0 aromatic heterocycles. The maximum Gasteiger partial charge on any atom is 0.463 e. The second-order valence-corrected chi connectivity index (χ2v) is 4.62. The number of halogens is 5. The number of carboxylic acid groups (broad SMARTS) is 1. The molecule has 2 atom stereocenters. The Labute approximate surface area is 116 Å². The number of ether oxygens (including phenoxy) is 1.